The molecular weight excluding hydrogens is 767 g/mol. The number of carbonyl (C=O) groups is 1. The molecule has 0 heterocycles. The van der Waals surface area contributed by atoms with Crippen LogP contribution in [0.2, 0.25) is 0 Å². The quantitative estimate of drug-likeness (QED) is 0.0309. The van der Waals surface area contributed by atoms with Gasteiger partial charge in [0.05, 0.1) is 18.8 Å². The van der Waals surface area contributed by atoms with Gasteiger partial charge < -0.3 is 25.7 Å². The van der Waals surface area contributed by atoms with E-state index in [0.29, 0.717) is 12.8 Å². The van der Waals surface area contributed by atoms with Crippen LogP contribution in [0.3, 0.4) is 0 Å². The van der Waals surface area contributed by atoms with Crippen molar-refractivity contribution in [2.24, 2.45) is 0 Å². The van der Waals surface area contributed by atoms with Crippen molar-refractivity contribution in [3.05, 3.63) is 12.2 Å². The predicted octanol–water partition coefficient (Wildman–Crippen LogP) is 16.1. The molecule has 5 N–H and O–H groups in total. The fourth-order valence-electron chi connectivity index (χ4n) is 9.06. The Labute approximate surface area is 387 Å². The molecule has 4 unspecified atom stereocenters. The summed E-state index contributed by atoms with van der Waals surface area (Å²) in [7, 11) is 0. The Morgan fingerprint density at radius 2 is 0.661 bits per heavy atom. The third kappa shape index (κ3) is 44.3. The van der Waals surface area contributed by atoms with Gasteiger partial charge in [0, 0.05) is 0 Å². The summed E-state index contributed by atoms with van der Waals surface area (Å²) in [4.78, 5) is 12.6. The molecule has 6 heteroatoms. The zero-order valence-corrected chi connectivity index (χ0v) is 41.9. The van der Waals surface area contributed by atoms with Crippen molar-refractivity contribution in [1.29, 1.82) is 0 Å². The molecule has 0 spiro atoms. The molecule has 6 nitrogen and oxygen atoms in total. The average molecular weight is 879 g/mol. The van der Waals surface area contributed by atoms with Crippen molar-refractivity contribution < 1.29 is 25.2 Å². The maximum Gasteiger partial charge on any atom is 0.249 e. The largest absolute Gasteiger partial charge is 0.394 e. The van der Waals surface area contributed by atoms with E-state index in [1.807, 2.05) is 0 Å². The summed E-state index contributed by atoms with van der Waals surface area (Å²) in [5.41, 5.74) is 0. The van der Waals surface area contributed by atoms with Gasteiger partial charge in [-0.25, -0.2) is 0 Å². The molecule has 0 saturated heterocycles. The van der Waals surface area contributed by atoms with E-state index in [4.69, 9.17) is 0 Å². The minimum atomic E-state index is -1.28. The van der Waals surface area contributed by atoms with Gasteiger partial charge in [-0.1, -0.05) is 283 Å². The monoisotopic (exact) mass is 878 g/mol. The van der Waals surface area contributed by atoms with Crippen LogP contribution in [0.15, 0.2) is 12.2 Å². The molecule has 0 rings (SSSR count). The van der Waals surface area contributed by atoms with E-state index in [1.54, 1.807) is 0 Å². The van der Waals surface area contributed by atoms with Gasteiger partial charge in [-0.3, -0.25) is 4.79 Å². The molecule has 0 radical (unpaired) electrons. The maximum absolute atomic E-state index is 12.6. The van der Waals surface area contributed by atoms with Crippen LogP contribution < -0.4 is 5.32 Å². The Kier molecular flexibility index (Phi) is 50.3. The zero-order valence-electron chi connectivity index (χ0n) is 41.9. The summed E-state index contributed by atoms with van der Waals surface area (Å²) in [6.07, 6.45) is 60.1. The van der Waals surface area contributed by atoms with E-state index in [0.717, 1.165) is 38.5 Å². The molecule has 0 aliphatic carbocycles. The lowest BCUT2D eigenvalue weighted by Crippen LogP contribution is -2.53. The van der Waals surface area contributed by atoms with E-state index in [2.05, 4.69) is 31.3 Å². The molecule has 0 aliphatic rings. The summed E-state index contributed by atoms with van der Waals surface area (Å²) < 4.78 is 0. The number of amides is 1. The number of carbonyl (C=O) groups excluding carboxylic acids is 1. The van der Waals surface area contributed by atoms with Gasteiger partial charge in [-0.05, 0) is 38.5 Å². The molecule has 1 amide bonds. The highest BCUT2D eigenvalue weighted by molar-refractivity contribution is 5.80. The standard InChI is InChI=1S/C56H111NO5/c1-3-5-7-9-11-13-15-17-19-20-21-22-23-24-25-26-27-28-29-30-31-32-33-34-36-38-40-42-44-46-48-50-54(60)56(62)57-52(51-58)55(61)53(59)49-47-45-43-41-39-37-35-18-16-14-12-10-8-6-4-2/h41,43,52-55,58-61H,3-40,42,44-51H2,1-2H3,(H,57,62)/b43-41+. The smallest absolute Gasteiger partial charge is 0.249 e. The van der Waals surface area contributed by atoms with Crippen molar-refractivity contribution in [2.45, 2.75) is 334 Å². The van der Waals surface area contributed by atoms with E-state index in [-0.39, 0.29) is 0 Å². The number of allylic oxidation sites excluding steroid dienone is 2. The SMILES string of the molecule is CCCCCCCCCCCC/C=C/CCCC(O)C(O)C(CO)NC(=O)C(O)CCCCCCCCCCCCCCCCCCCCCCCCCCCCCCCCC. The molecule has 0 aromatic carbocycles. The Bertz CT molecular complexity index is 898. The van der Waals surface area contributed by atoms with Crippen LogP contribution in [0.5, 0.6) is 0 Å². The lowest BCUT2D eigenvalue weighted by molar-refractivity contribution is -0.132. The van der Waals surface area contributed by atoms with E-state index >= 15 is 0 Å². The van der Waals surface area contributed by atoms with E-state index < -0.39 is 36.9 Å². The molecule has 0 fully saturated rings. The minimum Gasteiger partial charge on any atom is -0.394 e. The second-order valence-electron chi connectivity index (χ2n) is 19.6. The summed E-state index contributed by atoms with van der Waals surface area (Å²) >= 11 is 0. The maximum atomic E-state index is 12.6. The van der Waals surface area contributed by atoms with Crippen LogP contribution in [0.1, 0.15) is 309 Å². The Balaban J connectivity index is 3.55. The molecule has 0 aliphatic heterocycles. The number of hydrogen-bond acceptors (Lipinski definition) is 5. The fourth-order valence-corrected chi connectivity index (χ4v) is 9.06. The predicted molar refractivity (Wildman–Crippen MR) is 270 cm³/mol. The van der Waals surface area contributed by atoms with Crippen molar-refractivity contribution in [3.8, 4) is 0 Å². The number of hydrogen-bond donors (Lipinski definition) is 5. The molecular formula is C56H111NO5. The second kappa shape index (κ2) is 51.0. The van der Waals surface area contributed by atoms with Crippen molar-refractivity contribution >= 4 is 5.91 Å². The van der Waals surface area contributed by atoms with Crippen LogP contribution in [-0.4, -0.2) is 57.3 Å². The first kappa shape index (κ1) is 61.0. The fraction of sp³-hybridized carbons (Fsp3) is 0.946. The molecule has 4 atom stereocenters. The van der Waals surface area contributed by atoms with Crippen LogP contribution in [-0.2, 0) is 4.79 Å². The summed E-state index contributed by atoms with van der Waals surface area (Å²) in [6.45, 7) is 4.07. The molecule has 0 saturated carbocycles. The number of rotatable bonds is 52. The van der Waals surface area contributed by atoms with Crippen LogP contribution >= 0.6 is 0 Å². The summed E-state index contributed by atoms with van der Waals surface area (Å²) in [5.74, 6) is -0.587. The molecule has 0 aromatic heterocycles. The number of nitrogens with one attached hydrogen (secondary N) is 1. The van der Waals surface area contributed by atoms with Crippen molar-refractivity contribution in [2.75, 3.05) is 6.61 Å². The van der Waals surface area contributed by atoms with Gasteiger partial charge in [0.25, 0.3) is 0 Å². The molecule has 370 valence electrons. The van der Waals surface area contributed by atoms with E-state index in [1.165, 1.54) is 244 Å². The van der Waals surface area contributed by atoms with Gasteiger partial charge in [0.15, 0.2) is 0 Å². The molecule has 0 aromatic rings. The van der Waals surface area contributed by atoms with Crippen LogP contribution in [0.4, 0.5) is 0 Å². The minimum absolute atomic E-state index is 0.369. The lowest BCUT2D eigenvalue weighted by atomic mass is 10.00. The third-order valence-electron chi connectivity index (χ3n) is 13.5. The van der Waals surface area contributed by atoms with Gasteiger partial charge in [-0.15, -0.1) is 0 Å². The highest BCUT2D eigenvalue weighted by Crippen LogP contribution is 2.18. The molecule has 62 heavy (non-hydrogen) atoms. The Morgan fingerprint density at radius 3 is 0.968 bits per heavy atom. The number of aliphatic hydroxyl groups excluding tert-OH is 4. The van der Waals surface area contributed by atoms with E-state index in [9.17, 15) is 25.2 Å². The second-order valence-corrected chi connectivity index (χ2v) is 19.6. The highest BCUT2D eigenvalue weighted by atomic mass is 16.3. The van der Waals surface area contributed by atoms with Gasteiger partial charge in [-0.2, -0.15) is 0 Å². The number of aliphatic hydroxyl groups is 4. The molecule has 0 bridgehead atoms. The Hall–Kier alpha value is -0.950. The van der Waals surface area contributed by atoms with Crippen LogP contribution in [0, 0.1) is 0 Å². The van der Waals surface area contributed by atoms with Crippen molar-refractivity contribution in [1.82, 2.24) is 5.32 Å². The first-order valence-corrected chi connectivity index (χ1v) is 28.1. The highest BCUT2D eigenvalue weighted by Gasteiger charge is 2.28. The van der Waals surface area contributed by atoms with Crippen molar-refractivity contribution in [3.63, 3.8) is 0 Å². The first-order chi connectivity index (χ1) is 30.5. The van der Waals surface area contributed by atoms with Crippen LogP contribution in [0.25, 0.3) is 0 Å². The lowest BCUT2D eigenvalue weighted by Gasteiger charge is -2.27. The average Bonchev–Trinajstić information content (AvgIpc) is 3.28. The number of unbranched alkanes of at least 4 members (excludes halogenated alkanes) is 41. The summed E-state index contributed by atoms with van der Waals surface area (Å²) in [6, 6.07) is -0.998. The van der Waals surface area contributed by atoms with Gasteiger partial charge >= 0.3 is 0 Å². The van der Waals surface area contributed by atoms with Gasteiger partial charge in [0.1, 0.15) is 12.2 Å². The third-order valence-corrected chi connectivity index (χ3v) is 13.5. The zero-order chi connectivity index (χ0) is 45.2. The Morgan fingerprint density at radius 1 is 0.387 bits per heavy atom. The summed E-state index contributed by atoms with van der Waals surface area (Å²) in [5, 5.41) is 43.9. The first-order valence-electron chi connectivity index (χ1n) is 28.1. The topological polar surface area (TPSA) is 110 Å². The van der Waals surface area contributed by atoms with Gasteiger partial charge in [0.2, 0.25) is 5.91 Å². The normalized spacial score (nSPS) is 13.8.